The number of hydrogen-bond acceptors (Lipinski definition) is 4. The maximum atomic E-state index is 13.8. The van der Waals surface area contributed by atoms with Gasteiger partial charge >= 0.3 is 5.97 Å². The van der Waals surface area contributed by atoms with Gasteiger partial charge in [-0.15, -0.1) is 0 Å². The van der Waals surface area contributed by atoms with Crippen molar-refractivity contribution in [1.29, 1.82) is 0 Å². The Labute approximate surface area is 201 Å². The Morgan fingerprint density at radius 3 is 2.53 bits per heavy atom. The highest BCUT2D eigenvalue weighted by Crippen LogP contribution is 2.34. The van der Waals surface area contributed by atoms with Crippen LogP contribution in [0.25, 0.3) is 5.57 Å². The predicted molar refractivity (Wildman–Crippen MR) is 124 cm³/mol. The largest absolute Gasteiger partial charge is 0.489 e. The fourth-order valence-corrected chi connectivity index (χ4v) is 4.80. The Hall–Kier alpha value is -2.97. The minimum atomic E-state index is -0.985. The molecule has 34 heavy (non-hydrogen) atoms. The second-order valence-electron chi connectivity index (χ2n) is 8.56. The standard InChI is InChI=1S/C25H25ClF2N2O4/c1-14(31)30-12-17-11-18(22(25(32)33)21(13-30)29-17)16-6-4-15(5-7-16)3-2-10-34-24-20(28)9-8-19(27)23(24)26/h4-9,17,21,29H,2-3,10-13H2,1H3,(H,32,33)/t17?,21-/m1/s1. The van der Waals surface area contributed by atoms with Gasteiger partial charge in [-0.05, 0) is 48.1 Å². The lowest BCUT2D eigenvalue weighted by molar-refractivity contribution is -0.135. The van der Waals surface area contributed by atoms with E-state index in [1.165, 1.54) is 6.92 Å². The highest BCUT2D eigenvalue weighted by Gasteiger charge is 2.39. The Balaban J connectivity index is 1.42. The molecular formula is C25H25ClF2N2O4. The van der Waals surface area contributed by atoms with E-state index in [-0.39, 0.29) is 29.3 Å². The lowest BCUT2D eigenvalue weighted by atomic mass is 9.83. The quantitative estimate of drug-likeness (QED) is 0.452. The number of carbonyl (C=O) groups excluding carboxylic acids is 1. The van der Waals surface area contributed by atoms with Crippen LogP contribution < -0.4 is 10.1 Å². The average Bonchev–Trinajstić information content (AvgIpc) is 2.80. The molecule has 9 heteroatoms. The van der Waals surface area contributed by atoms with Gasteiger partial charge in [0.15, 0.2) is 11.6 Å². The summed E-state index contributed by atoms with van der Waals surface area (Å²) in [6, 6.07) is 9.19. The van der Waals surface area contributed by atoms with Gasteiger partial charge in [0.1, 0.15) is 10.8 Å². The van der Waals surface area contributed by atoms with E-state index in [1.807, 2.05) is 24.3 Å². The normalized spacial score (nSPS) is 19.8. The molecule has 6 nitrogen and oxygen atoms in total. The van der Waals surface area contributed by atoms with Crippen LogP contribution in [0.3, 0.4) is 0 Å². The zero-order valence-electron chi connectivity index (χ0n) is 18.6. The molecule has 2 aromatic carbocycles. The monoisotopic (exact) mass is 490 g/mol. The van der Waals surface area contributed by atoms with Gasteiger partial charge in [-0.3, -0.25) is 4.79 Å². The smallest absolute Gasteiger partial charge is 0.333 e. The van der Waals surface area contributed by atoms with Crippen LogP contribution >= 0.6 is 11.6 Å². The van der Waals surface area contributed by atoms with E-state index in [9.17, 15) is 23.5 Å². The second kappa shape index (κ2) is 10.1. The number of ether oxygens (including phenoxy) is 1. The molecule has 2 aromatic rings. The lowest BCUT2D eigenvalue weighted by Crippen LogP contribution is -2.61. The Morgan fingerprint density at radius 2 is 1.85 bits per heavy atom. The van der Waals surface area contributed by atoms with E-state index in [2.05, 4.69) is 5.32 Å². The second-order valence-corrected chi connectivity index (χ2v) is 8.94. The first kappa shape index (κ1) is 24.2. The van der Waals surface area contributed by atoms with E-state index in [4.69, 9.17) is 16.3 Å². The molecule has 1 amide bonds. The minimum absolute atomic E-state index is 0.00705. The van der Waals surface area contributed by atoms with E-state index in [0.717, 1.165) is 28.8 Å². The first-order valence-corrected chi connectivity index (χ1v) is 11.5. The summed E-state index contributed by atoms with van der Waals surface area (Å²) >= 11 is 5.77. The van der Waals surface area contributed by atoms with Crippen molar-refractivity contribution >= 4 is 29.1 Å². The van der Waals surface area contributed by atoms with E-state index in [0.29, 0.717) is 37.9 Å². The topological polar surface area (TPSA) is 78.9 Å². The summed E-state index contributed by atoms with van der Waals surface area (Å²) in [5.41, 5.74) is 2.94. The molecule has 180 valence electrons. The van der Waals surface area contributed by atoms with Crippen molar-refractivity contribution in [1.82, 2.24) is 10.2 Å². The van der Waals surface area contributed by atoms with Crippen molar-refractivity contribution < 1.29 is 28.2 Å². The third-order valence-electron chi connectivity index (χ3n) is 6.24. The third kappa shape index (κ3) is 5.08. The molecule has 2 bridgehead atoms. The summed E-state index contributed by atoms with van der Waals surface area (Å²) in [6.45, 7) is 2.55. The number of aryl methyl sites for hydroxylation is 1. The number of amides is 1. The third-order valence-corrected chi connectivity index (χ3v) is 6.59. The average molecular weight is 491 g/mol. The first-order chi connectivity index (χ1) is 16.2. The van der Waals surface area contributed by atoms with Crippen LogP contribution in [0.15, 0.2) is 42.0 Å². The number of carboxylic acids is 1. The maximum Gasteiger partial charge on any atom is 0.333 e. The predicted octanol–water partition coefficient (Wildman–Crippen LogP) is 4.06. The van der Waals surface area contributed by atoms with Crippen LogP contribution in [0.2, 0.25) is 5.02 Å². The number of halogens is 3. The van der Waals surface area contributed by atoms with Crippen molar-refractivity contribution in [2.75, 3.05) is 19.7 Å². The van der Waals surface area contributed by atoms with Crippen LogP contribution in [0.4, 0.5) is 8.78 Å². The molecular weight excluding hydrogens is 466 g/mol. The van der Waals surface area contributed by atoms with Gasteiger partial charge < -0.3 is 20.1 Å². The van der Waals surface area contributed by atoms with Crippen molar-refractivity contribution in [3.63, 3.8) is 0 Å². The van der Waals surface area contributed by atoms with Gasteiger partial charge in [-0.1, -0.05) is 35.9 Å². The van der Waals surface area contributed by atoms with Gasteiger partial charge in [-0.25, -0.2) is 13.6 Å². The molecule has 2 aliphatic rings. The number of fused-ring (bicyclic) bond motifs is 2. The molecule has 0 saturated carbocycles. The van der Waals surface area contributed by atoms with Crippen LogP contribution in [0.1, 0.15) is 30.9 Å². The van der Waals surface area contributed by atoms with Crippen LogP contribution in [-0.4, -0.2) is 53.7 Å². The van der Waals surface area contributed by atoms with Crippen molar-refractivity contribution in [2.24, 2.45) is 0 Å². The minimum Gasteiger partial charge on any atom is -0.489 e. The number of nitrogens with zero attached hydrogens (tertiary/aromatic N) is 1. The molecule has 0 aliphatic carbocycles. The van der Waals surface area contributed by atoms with Crippen molar-refractivity contribution in [3.8, 4) is 5.75 Å². The molecule has 4 rings (SSSR count). The molecule has 0 aromatic heterocycles. The molecule has 1 fully saturated rings. The molecule has 2 heterocycles. The number of aliphatic carboxylic acids is 1. The maximum absolute atomic E-state index is 13.8. The fourth-order valence-electron chi connectivity index (χ4n) is 4.59. The highest BCUT2D eigenvalue weighted by molar-refractivity contribution is 6.32. The first-order valence-electron chi connectivity index (χ1n) is 11.1. The SMILES string of the molecule is CC(=O)N1CC2CC(c3ccc(CCCOc4c(F)ccc(F)c4Cl)cc3)=C(C(=O)O)[C@@H](C1)N2. The van der Waals surface area contributed by atoms with Gasteiger partial charge in [0.25, 0.3) is 0 Å². The zero-order valence-corrected chi connectivity index (χ0v) is 19.4. The molecule has 0 radical (unpaired) electrons. The zero-order chi connectivity index (χ0) is 24.4. The van der Waals surface area contributed by atoms with Crippen LogP contribution in [0.5, 0.6) is 5.75 Å². The molecule has 0 spiro atoms. The number of carbonyl (C=O) groups is 2. The summed E-state index contributed by atoms with van der Waals surface area (Å²) < 4.78 is 32.6. The Bertz CT molecular complexity index is 1140. The van der Waals surface area contributed by atoms with Gasteiger partial charge in [-0.2, -0.15) is 0 Å². The molecule has 1 unspecified atom stereocenters. The fraction of sp³-hybridized carbons (Fsp3) is 0.360. The highest BCUT2D eigenvalue weighted by atomic mass is 35.5. The number of rotatable bonds is 7. The number of piperazine rings is 1. The van der Waals surface area contributed by atoms with Gasteiger partial charge in [0.05, 0.1) is 18.2 Å². The van der Waals surface area contributed by atoms with Crippen LogP contribution in [0, 0.1) is 11.6 Å². The summed E-state index contributed by atoms with van der Waals surface area (Å²) in [5.74, 6) is -2.78. The number of hydrogen-bond donors (Lipinski definition) is 2. The van der Waals surface area contributed by atoms with Crippen LogP contribution in [-0.2, 0) is 16.0 Å². The molecule has 2 aliphatic heterocycles. The van der Waals surface area contributed by atoms with Crippen molar-refractivity contribution in [2.45, 2.75) is 38.3 Å². The molecule has 1 saturated heterocycles. The van der Waals surface area contributed by atoms with Crippen molar-refractivity contribution in [3.05, 3.63) is 69.8 Å². The molecule has 2 N–H and O–H groups in total. The summed E-state index contributed by atoms with van der Waals surface area (Å²) in [6.07, 6.45) is 1.72. The summed E-state index contributed by atoms with van der Waals surface area (Å²) in [7, 11) is 0. The van der Waals surface area contributed by atoms with E-state index in [1.54, 1.807) is 4.90 Å². The van der Waals surface area contributed by atoms with Gasteiger partial charge in [0, 0.05) is 26.1 Å². The van der Waals surface area contributed by atoms with Gasteiger partial charge in [0.2, 0.25) is 5.91 Å². The Kier molecular flexibility index (Phi) is 7.19. The summed E-state index contributed by atoms with van der Waals surface area (Å²) in [5, 5.41) is 12.8. The number of carboxylic acid groups (broad SMARTS) is 1. The Morgan fingerprint density at radius 1 is 1.15 bits per heavy atom. The summed E-state index contributed by atoms with van der Waals surface area (Å²) in [4.78, 5) is 25.6. The number of nitrogens with one attached hydrogen (secondary N) is 1. The number of benzene rings is 2. The van der Waals surface area contributed by atoms with E-state index < -0.39 is 23.6 Å². The van der Waals surface area contributed by atoms with E-state index >= 15 is 0 Å². The lowest BCUT2D eigenvalue weighted by Gasteiger charge is -2.43. The molecule has 2 atom stereocenters.